The number of anilines is 1. The van der Waals surface area contributed by atoms with Gasteiger partial charge in [-0.25, -0.2) is 4.98 Å². The van der Waals surface area contributed by atoms with Crippen molar-refractivity contribution in [1.29, 1.82) is 0 Å². The molecule has 2 aromatic heterocycles. The number of carbonyl (C=O) groups excluding carboxylic acids is 1. The maximum atomic E-state index is 11.8. The normalized spacial score (nSPS) is 10.8. The van der Waals surface area contributed by atoms with Gasteiger partial charge in [0.2, 0.25) is 0 Å². The Morgan fingerprint density at radius 3 is 2.96 bits per heavy atom. The summed E-state index contributed by atoms with van der Waals surface area (Å²) in [6.07, 6.45) is 3.88. The topological polar surface area (TPSA) is 80.0 Å². The predicted octanol–water partition coefficient (Wildman–Crippen LogP) is 3.42. The second kappa shape index (κ2) is 7.31. The molecule has 0 spiro atoms. The lowest BCUT2D eigenvalue weighted by Gasteiger charge is -2.10. The second-order valence-corrected chi connectivity index (χ2v) is 5.74. The zero-order chi connectivity index (χ0) is 16.9. The van der Waals surface area contributed by atoms with Crippen LogP contribution >= 0.6 is 11.6 Å². The number of fused-ring (bicyclic) bond motifs is 1. The van der Waals surface area contributed by atoms with E-state index in [1.807, 2.05) is 24.3 Å². The first kappa shape index (κ1) is 16.3. The van der Waals surface area contributed by atoms with Crippen LogP contribution in [-0.2, 0) is 0 Å². The molecule has 0 saturated carbocycles. The quantitative estimate of drug-likeness (QED) is 0.670. The highest BCUT2D eigenvalue weighted by Crippen LogP contribution is 2.24. The number of benzene rings is 1. The van der Waals surface area contributed by atoms with Crippen molar-refractivity contribution in [2.75, 3.05) is 18.4 Å². The molecule has 0 radical (unpaired) electrons. The van der Waals surface area contributed by atoms with E-state index in [4.69, 9.17) is 16.0 Å². The Morgan fingerprint density at radius 2 is 2.17 bits per heavy atom. The first-order valence-corrected chi connectivity index (χ1v) is 8.00. The van der Waals surface area contributed by atoms with E-state index in [0.717, 1.165) is 29.6 Å². The molecule has 3 aromatic rings. The maximum Gasteiger partial charge on any atom is 0.273 e. The van der Waals surface area contributed by atoms with Crippen LogP contribution in [0.15, 0.2) is 41.1 Å². The monoisotopic (exact) mass is 344 g/mol. The molecule has 3 rings (SSSR count). The van der Waals surface area contributed by atoms with Crippen LogP contribution in [0.4, 0.5) is 5.69 Å². The Labute approximate surface area is 144 Å². The standard InChI is InChI=1S/C17H17ClN4O2/c1-11-22-16(10-24-11)17(23)21-7-2-6-19-14-5-8-20-15-9-12(18)3-4-13(14)15/h3-5,8-10H,2,6-7H2,1H3,(H,19,20)(H,21,23). The number of nitrogens with one attached hydrogen (secondary N) is 2. The van der Waals surface area contributed by atoms with Crippen molar-refractivity contribution in [3.05, 3.63) is 53.3 Å². The number of rotatable bonds is 6. The van der Waals surface area contributed by atoms with Crippen molar-refractivity contribution in [2.45, 2.75) is 13.3 Å². The number of hydrogen-bond donors (Lipinski definition) is 2. The van der Waals surface area contributed by atoms with Crippen LogP contribution in [0.2, 0.25) is 5.02 Å². The minimum Gasteiger partial charge on any atom is -0.448 e. The highest BCUT2D eigenvalue weighted by molar-refractivity contribution is 6.31. The number of hydrogen-bond acceptors (Lipinski definition) is 5. The van der Waals surface area contributed by atoms with Gasteiger partial charge in [-0.1, -0.05) is 11.6 Å². The summed E-state index contributed by atoms with van der Waals surface area (Å²) in [7, 11) is 0. The molecular weight excluding hydrogens is 328 g/mol. The molecular formula is C17H17ClN4O2. The van der Waals surface area contributed by atoms with Gasteiger partial charge in [-0.05, 0) is 30.7 Å². The maximum absolute atomic E-state index is 11.8. The summed E-state index contributed by atoms with van der Waals surface area (Å²) in [5, 5.41) is 7.85. The van der Waals surface area contributed by atoms with Gasteiger partial charge in [0.1, 0.15) is 6.26 Å². The molecule has 0 fully saturated rings. The third-order valence-electron chi connectivity index (χ3n) is 3.51. The summed E-state index contributed by atoms with van der Waals surface area (Å²) in [6, 6.07) is 7.55. The first-order chi connectivity index (χ1) is 11.6. The fraction of sp³-hybridized carbons (Fsp3) is 0.235. The average Bonchev–Trinajstić information content (AvgIpc) is 3.00. The first-order valence-electron chi connectivity index (χ1n) is 7.62. The molecule has 6 nitrogen and oxygen atoms in total. The highest BCUT2D eigenvalue weighted by atomic mass is 35.5. The van der Waals surface area contributed by atoms with E-state index in [0.29, 0.717) is 23.2 Å². The Kier molecular flexibility index (Phi) is 4.96. The van der Waals surface area contributed by atoms with E-state index >= 15 is 0 Å². The number of oxazole rings is 1. The molecule has 0 atom stereocenters. The van der Waals surface area contributed by atoms with Gasteiger partial charge in [-0.2, -0.15) is 0 Å². The van der Waals surface area contributed by atoms with E-state index in [2.05, 4.69) is 20.6 Å². The molecule has 7 heteroatoms. The van der Waals surface area contributed by atoms with Crippen LogP contribution in [0.1, 0.15) is 22.8 Å². The fourth-order valence-electron chi connectivity index (χ4n) is 2.35. The van der Waals surface area contributed by atoms with Crippen molar-refractivity contribution < 1.29 is 9.21 Å². The molecule has 24 heavy (non-hydrogen) atoms. The lowest BCUT2D eigenvalue weighted by atomic mass is 10.2. The molecule has 0 saturated heterocycles. The minimum absolute atomic E-state index is 0.226. The smallest absolute Gasteiger partial charge is 0.273 e. The summed E-state index contributed by atoms with van der Waals surface area (Å²) in [6.45, 7) is 2.97. The Balaban J connectivity index is 1.49. The van der Waals surface area contributed by atoms with Gasteiger partial charge in [0.25, 0.3) is 5.91 Å². The van der Waals surface area contributed by atoms with Crippen molar-refractivity contribution in [3.8, 4) is 0 Å². The van der Waals surface area contributed by atoms with Crippen LogP contribution in [0.3, 0.4) is 0 Å². The van der Waals surface area contributed by atoms with Gasteiger partial charge in [0.05, 0.1) is 5.52 Å². The molecule has 0 aliphatic carbocycles. The Bertz CT molecular complexity index is 863. The molecule has 0 aliphatic heterocycles. The minimum atomic E-state index is -0.226. The zero-order valence-electron chi connectivity index (χ0n) is 13.2. The van der Waals surface area contributed by atoms with Crippen molar-refractivity contribution in [3.63, 3.8) is 0 Å². The second-order valence-electron chi connectivity index (χ2n) is 5.31. The molecule has 0 bridgehead atoms. The Hall–Kier alpha value is -2.60. The van der Waals surface area contributed by atoms with Crippen molar-refractivity contribution in [1.82, 2.24) is 15.3 Å². The van der Waals surface area contributed by atoms with Gasteiger partial charge in [-0.15, -0.1) is 0 Å². The molecule has 2 N–H and O–H groups in total. The van der Waals surface area contributed by atoms with Crippen molar-refractivity contribution in [2.24, 2.45) is 0 Å². The Morgan fingerprint density at radius 1 is 1.29 bits per heavy atom. The van der Waals surface area contributed by atoms with Crippen LogP contribution in [0.5, 0.6) is 0 Å². The van der Waals surface area contributed by atoms with Gasteiger partial charge >= 0.3 is 0 Å². The molecule has 1 aromatic carbocycles. The number of halogens is 1. The van der Waals surface area contributed by atoms with Gasteiger partial charge < -0.3 is 15.1 Å². The highest BCUT2D eigenvalue weighted by Gasteiger charge is 2.09. The van der Waals surface area contributed by atoms with Crippen LogP contribution in [0.25, 0.3) is 10.9 Å². The van der Waals surface area contributed by atoms with E-state index < -0.39 is 0 Å². The summed E-state index contributed by atoms with van der Waals surface area (Å²) >= 11 is 5.99. The third-order valence-corrected chi connectivity index (χ3v) is 3.75. The number of pyridine rings is 1. The van der Waals surface area contributed by atoms with Crippen LogP contribution in [0, 0.1) is 6.92 Å². The van der Waals surface area contributed by atoms with E-state index in [1.165, 1.54) is 6.26 Å². The summed E-state index contributed by atoms with van der Waals surface area (Å²) < 4.78 is 5.02. The SMILES string of the molecule is Cc1nc(C(=O)NCCCNc2ccnc3cc(Cl)ccc23)co1. The largest absolute Gasteiger partial charge is 0.448 e. The lowest BCUT2D eigenvalue weighted by molar-refractivity contribution is 0.0948. The lowest BCUT2D eigenvalue weighted by Crippen LogP contribution is -2.26. The van der Waals surface area contributed by atoms with Gasteiger partial charge in [-0.3, -0.25) is 9.78 Å². The molecule has 124 valence electrons. The molecule has 0 aliphatic rings. The number of aryl methyl sites for hydroxylation is 1. The third kappa shape index (κ3) is 3.83. The molecule has 2 heterocycles. The van der Waals surface area contributed by atoms with Crippen LogP contribution in [-0.4, -0.2) is 29.0 Å². The summed E-state index contributed by atoms with van der Waals surface area (Å²) in [5.41, 5.74) is 2.15. The number of amides is 1. The predicted molar refractivity (Wildman–Crippen MR) is 93.4 cm³/mol. The average molecular weight is 345 g/mol. The molecule has 0 unspecified atom stereocenters. The summed E-state index contributed by atoms with van der Waals surface area (Å²) in [5.74, 6) is 0.252. The zero-order valence-corrected chi connectivity index (χ0v) is 13.9. The number of nitrogens with zero attached hydrogens (tertiary/aromatic N) is 2. The van der Waals surface area contributed by atoms with Crippen molar-refractivity contribution >= 4 is 34.1 Å². The van der Waals surface area contributed by atoms with Gasteiger partial charge in [0, 0.05) is 42.3 Å². The van der Waals surface area contributed by atoms with Gasteiger partial charge in [0.15, 0.2) is 11.6 Å². The van der Waals surface area contributed by atoms with E-state index in [9.17, 15) is 4.79 Å². The summed E-state index contributed by atoms with van der Waals surface area (Å²) in [4.78, 5) is 20.1. The number of carbonyl (C=O) groups is 1. The van der Waals surface area contributed by atoms with Crippen LogP contribution < -0.4 is 10.6 Å². The fourth-order valence-corrected chi connectivity index (χ4v) is 2.51. The van der Waals surface area contributed by atoms with E-state index in [1.54, 1.807) is 13.1 Å². The molecule has 1 amide bonds. The van der Waals surface area contributed by atoms with E-state index in [-0.39, 0.29) is 5.91 Å². The number of aromatic nitrogens is 2.